The Morgan fingerprint density at radius 3 is 2.67 bits per heavy atom. The molecule has 2 rings (SSSR count). The van der Waals surface area contributed by atoms with Crippen molar-refractivity contribution in [3.8, 4) is 10.8 Å². The average molecular weight is 222 g/mol. The summed E-state index contributed by atoms with van der Waals surface area (Å²) in [5.41, 5.74) is 0.594. The van der Waals surface area contributed by atoms with E-state index in [1.165, 1.54) is 11.3 Å². The van der Waals surface area contributed by atoms with E-state index in [0.717, 1.165) is 22.1 Å². The van der Waals surface area contributed by atoms with Gasteiger partial charge in [-0.3, -0.25) is 4.79 Å². The molecule has 0 amide bonds. The Kier molecular flexibility index (Phi) is 2.60. The van der Waals surface area contributed by atoms with Crippen molar-refractivity contribution in [2.45, 2.75) is 0 Å². The number of fused-ring (bicyclic) bond motifs is 1. The van der Waals surface area contributed by atoms with Crippen LogP contribution in [0.5, 0.6) is 10.8 Å². The molecule has 2 aromatic rings. The smallest absolute Gasteiger partial charge is 0.185 e. The molecule has 0 bridgehead atoms. The van der Waals surface area contributed by atoms with Crippen molar-refractivity contribution in [1.82, 2.24) is 0 Å². The van der Waals surface area contributed by atoms with Crippen molar-refractivity contribution < 1.29 is 14.3 Å². The van der Waals surface area contributed by atoms with E-state index >= 15 is 0 Å². The van der Waals surface area contributed by atoms with Gasteiger partial charge in [0.05, 0.1) is 19.8 Å². The van der Waals surface area contributed by atoms with Gasteiger partial charge in [-0.15, -0.1) is 0 Å². The Morgan fingerprint density at radius 2 is 2.07 bits per heavy atom. The molecule has 1 heterocycles. The van der Waals surface area contributed by atoms with Gasteiger partial charge in [-0.25, -0.2) is 0 Å². The van der Waals surface area contributed by atoms with E-state index in [2.05, 4.69) is 0 Å². The molecule has 0 saturated heterocycles. The van der Waals surface area contributed by atoms with Gasteiger partial charge in [-0.2, -0.15) is 0 Å². The van der Waals surface area contributed by atoms with Gasteiger partial charge in [-0.05, 0) is 18.2 Å². The standard InChI is InChI=1S/C11H10O3S/c1-13-7-3-4-10-8(5-7)9(6-12)11(14-2)15-10/h3-6H,1-2H3. The molecule has 1 aromatic heterocycles. The number of carbonyl (C=O) groups is 1. The molecule has 0 aliphatic heterocycles. The summed E-state index contributed by atoms with van der Waals surface area (Å²) in [5.74, 6) is 0.742. The van der Waals surface area contributed by atoms with E-state index in [4.69, 9.17) is 9.47 Å². The first kappa shape index (κ1) is 9.98. The van der Waals surface area contributed by atoms with Crippen LogP contribution in [0.15, 0.2) is 18.2 Å². The summed E-state index contributed by atoms with van der Waals surface area (Å²) < 4.78 is 11.3. The summed E-state index contributed by atoms with van der Waals surface area (Å²) in [6.45, 7) is 0. The first-order valence-electron chi connectivity index (χ1n) is 4.40. The molecular formula is C11H10O3S. The SMILES string of the molecule is COc1ccc2sc(OC)c(C=O)c2c1. The van der Waals surface area contributed by atoms with Crippen LogP contribution in [0.2, 0.25) is 0 Å². The van der Waals surface area contributed by atoms with Crippen LogP contribution in [-0.4, -0.2) is 20.5 Å². The van der Waals surface area contributed by atoms with E-state index in [1.807, 2.05) is 18.2 Å². The molecule has 0 spiro atoms. The molecule has 15 heavy (non-hydrogen) atoms. The lowest BCUT2D eigenvalue weighted by Gasteiger charge is -1.98. The number of carbonyl (C=O) groups excluding carboxylic acids is 1. The number of rotatable bonds is 3. The van der Waals surface area contributed by atoms with Gasteiger partial charge >= 0.3 is 0 Å². The molecule has 0 N–H and O–H groups in total. The molecule has 0 saturated carbocycles. The molecule has 4 heteroatoms. The van der Waals surface area contributed by atoms with Crippen molar-refractivity contribution in [3.63, 3.8) is 0 Å². The first-order chi connectivity index (χ1) is 7.30. The maximum Gasteiger partial charge on any atom is 0.185 e. The van der Waals surface area contributed by atoms with Gasteiger partial charge in [0.15, 0.2) is 11.3 Å². The molecular weight excluding hydrogens is 212 g/mol. The van der Waals surface area contributed by atoms with Gasteiger partial charge in [0, 0.05) is 10.1 Å². The summed E-state index contributed by atoms with van der Waals surface area (Å²) in [6.07, 6.45) is 0.817. The second kappa shape index (κ2) is 3.90. The quantitative estimate of drug-likeness (QED) is 0.749. The number of hydrogen-bond donors (Lipinski definition) is 0. The normalized spacial score (nSPS) is 10.3. The lowest BCUT2D eigenvalue weighted by molar-refractivity contribution is 0.112. The van der Waals surface area contributed by atoms with Crippen LogP contribution in [0, 0.1) is 0 Å². The van der Waals surface area contributed by atoms with Gasteiger partial charge in [0.2, 0.25) is 0 Å². The third kappa shape index (κ3) is 1.57. The minimum atomic E-state index is 0.594. The minimum absolute atomic E-state index is 0.594. The number of methoxy groups -OCH3 is 2. The second-order valence-electron chi connectivity index (χ2n) is 2.99. The zero-order valence-corrected chi connectivity index (χ0v) is 9.26. The largest absolute Gasteiger partial charge is 0.497 e. The van der Waals surface area contributed by atoms with Crippen molar-refractivity contribution in [3.05, 3.63) is 23.8 Å². The highest BCUT2D eigenvalue weighted by atomic mass is 32.1. The Balaban J connectivity index is 2.73. The number of hydrogen-bond acceptors (Lipinski definition) is 4. The highest BCUT2D eigenvalue weighted by molar-refractivity contribution is 7.21. The predicted octanol–water partition coefficient (Wildman–Crippen LogP) is 2.73. The highest BCUT2D eigenvalue weighted by Crippen LogP contribution is 2.37. The topological polar surface area (TPSA) is 35.5 Å². The van der Waals surface area contributed by atoms with Crippen molar-refractivity contribution >= 4 is 27.7 Å². The minimum Gasteiger partial charge on any atom is -0.497 e. The highest BCUT2D eigenvalue weighted by Gasteiger charge is 2.12. The summed E-state index contributed by atoms with van der Waals surface area (Å²) in [6, 6.07) is 5.64. The Labute approximate surface area is 91.2 Å². The van der Waals surface area contributed by atoms with Crippen molar-refractivity contribution in [1.29, 1.82) is 0 Å². The van der Waals surface area contributed by atoms with Crippen molar-refractivity contribution in [2.24, 2.45) is 0 Å². The maximum atomic E-state index is 10.9. The third-order valence-electron chi connectivity index (χ3n) is 2.20. The molecule has 3 nitrogen and oxygen atoms in total. The number of ether oxygens (including phenoxy) is 2. The van der Waals surface area contributed by atoms with Crippen LogP contribution >= 0.6 is 11.3 Å². The van der Waals surface area contributed by atoms with E-state index in [9.17, 15) is 4.79 Å². The van der Waals surface area contributed by atoms with Crippen LogP contribution in [-0.2, 0) is 0 Å². The van der Waals surface area contributed by atoms with Crippen LogP contribution < -0.4 is 9.47 Å². The van der Waals surface area contributed by atoms with E-state index < -0.39 is 0 Å². The van der Waals surface area contributed by atoms with Crippen LogP contribution in [0.4, 0.5) is 0 Å². The fourth-order valence-corrected chi connectivity index (χ4v) is 2.43. The van der Waals surface area contributed by atoms with Gasteiger partial charge in [-0.1, -0.05) is 11.3 Å². The lowest BCUT2D eigenvalue weighted by atomic mass is 10.2. The molecule has 0 radical (unpaired) electrons. The van der Waals surface area contributed by atoms with Gasteiger partial charge in [0.25, 0.3) is 0 Å². The van der Waals surface area contributed by atoms with E-state index in [1.54, 1.807) is 14.2 Å². The second-order valence-corrected chi connectivity index (χ2v) is 4.00. The molecule has 78 valence electrons. The number of thiophene rings is 1. The zero-order chi connectivity index (χ0) is 10.8. The van der Waals surface area contributed by atoms with Crippen LogP contribution in [0.25, 0.3) is 10.1 Å². The van der Waals surface area contributed by atoms with E-state index in [0.29, 0.717) is 10.6 Å². The van der Waals surface area contributed by atoms with E-state index in [-0.39, 0.29) is 0 Å². The Bertz CT molecular complexity index is 502. The van der Waals surface area contributed by atoms with Gasteiger partial charge < -0.3 is 9.47 Å². The molecule has 1 aromatic carbocycles. The average Bonchev–Trinajstić information content (AvgIpc) is 2.65. The van der Waals surface area contributed by atoms with Gasteiger partial charge in [0.1, 0.15) is 5.75 Å². The maximum absolute atomic E-state index is 10.9. The monoisotopic (exact) mass is 222 g/mol. The fraction of sp³-hybridized carbons (Fsp3) is 0.182. The molecule has 0 unspecified atom stereocenters. The third-order valence-corrected chi connectivity index (χ3v) is 3.35. The Morgan fingerprint density at radius 1 is 1.27 bits per heavy atom. The first-order valence-corrected chi connectivity index (χ1v) is 5.21. The summed E-state index contributed by atoms with van der Waals surface area (Å²) in [7, 11) is 3.17. The zero-order valence-electron chi connectivity index (χ0n) is 8.44. The number of aldehydes is 1. The Hall–Kier alpha value is -1.55. The summed E-state index contributed by atoms with van der Waals surface area (Å²) in [5, 5.41) is 1.53. The lowest BCUT2D eigenvalue weighted by Crippen LogP contribution is -1.85. The van der Waals surface area contributed by atoms with Crippen LogP contribution in [0.1, 0.15) is 10.4 Å². The van der Waals surface area contributed by atoms with Crippen molar-refractivity contribution in [2.75, 3.05) is 14.2 Å². The molecule has 0 atom stereocenters. The molecule has 0 aliphatic carbocycles. The number of benzene rings is 1. The van der Waals surface area contributed by atoms with Crippen LogP contribution in [0.3, 0.4) is 0 Å². The molecule has 0 aliphatic rings. The molecule has 0 fully saturated rings. The summed E-state index contributed by atoms with van der Waals surface area (Å²) >= 11 is 1.46. The summed E-state index contributed by atoms with van der Waals surface area (Å²) in [4.78, 5) is 10.9. The fourth-order valence-electron chi connectivity index (χ4n) is 1.46. The predicted molar refractivity (Wildman–Crippen MR) is 60.3 cm³/mol.